The summed E-state index contributed by atoms with van der Waals surface area (Å²) >= 11 is 0. The van der Waals surface area contributed by atoms with E-state index in [1.165, 1.54) is 19.8 Å². The summed E-state index contributed by atoms with van der Waals surface area (Å²) < 4.78 is 1.60. The largest absolute Gasteiger partial charge is 0.481 e. The van der Waals surface area contributed by atoms with Crippen LogP contribution in [0.3, 0.4) is 0 Å². The van der Waals surface area contributed by atoms with E-state index in [0.29, 0.717) is 11.7 Å². The molecule has 1 unspecified atom stereocenters. The maximum atomic E-state index is 11.7. The molecule has 0 spiro atoms. The number of aliphatic carboxylic acids is 1. The maximum absolute atomic E-state index is 11.7. The second-order valence-corrected chi connectivity index (χ2v) is 5.11. The zero-order valence-corrected chi connectivity index (χ0v) is 11.2. The van der Waals surface area contributed by atoms with E-state index in [-0.39, 0.29) is 0 Å². The van der Waals surface area contributed by atoms with Crippen molar-refractivity contribution in [3.63, 3.8) is 0 Å². The number of nitrogens with zero attached hydrogens (tertiary/aromatic N) is 2. The van der Waals surface area contributed by atoms with Crippen LogP contribution < -0.4 is 5.32 Å². The van der Waals surface area contributed by atoms with Gasteiger partial charge >= 0.3 is 5.97 Å². The molecule has 1 aliphatic carbocycles. The van der Waals surface area contributed by atoms with E-state index in [0.717, 1.165) is 18.5 Å². The first-order valence-electron chi connectivity index (χ1n) is 6.56. The quantitative estimate of drug-likeness (QED) is 0.812. The number of anilines is 1. The van der Waals surface area contributed by atoms with Crippen LogP contribution in [0.25, 0.3) is 0 Å². The molecule has 1 amide bonds. The summed E-state index contributed by atoms with van der Waals surface area (Å²) in [6, 6.07) is 1.85. The summed E-state index contributed by atoms with van der Waals surface area (Å²) in [7, 11) is 1.75. The number of carbonyl (C=O) groups excluding carboxylic acids is 1. The number of carboxylic acid groups (broad SMARTS) is 1. The Hall–Kier alpha value is -1.85. The van der Waals surface area contributed by atoms with E-state index >= 15 is 0 Å². The zero-order chi connectivity index (χ0) is 14.0. The number of hydrogen-bond acceptors (Lipinski definition) is 3. The lowest BCUT2D eigenvalue weighted by Crippen LogP contribution is -2.27. The van der Waals surface area contributed by atoms with E-state index in [1.54, 1.807) is 11.7 Å². The van der Waals surface area contributed by atoms with Gasteiger partial charge in [-0.25, -0.2) is 0 Å². The van der Waals surface area contributed by atoms with Crippen molar-refractivity contribution in [2.45, 2.75) is 38.5 Å². The predicted molar refractivity (Wildman–Crippen MR) is 69.8 cm³/mol. The highest BCUT2D eigenvalue weighted by molar-refractivity contribution is 6.03. The lowest BCUT2D eigenvalue weighted by Gasteiger charge is -2.07. The molecule has 0 bridgehead atoms. The number of aromatic nitrogens is 2. The molecule has 1 aliphatic rings. The van der Waals surface area contributed by atoms with Gasteiger partial charge in [0.05, 0.1) is 5.69 Å². The maximum Gasteiger partial charge on any atom is 0.315 e. The van der Waals surface area contributed by atoms with Crippen molar-refractivity contribution in [2.24, 2.45) is 13.0 Å². The summed E-state index contributed by atoms with van der Waals surface area (Å²) in [4.78, 5) is 22.5. The van der Waals surface area contributed by atoms with E-state index in [4.69, 9.17) is 5.11 Å². The molecule has 6 nitrogen and oxygen atoms in total. The highest BCUT2D eigenvalue weighted by Gasteiger charge is 2.24. The fourth-order valence-electron chi connectivity index (χ4n) is 2.37. The molecule has 1 fully saturated rings. The topological polar surface area (TPSA) is 84.2 Å². The fraction of sp³-hybridized carbons (Fsp3) is 0.615. The van der Waals surface area contributed by atoms with Crippen molar-refractivity contribution < 1.29 is 14.7 Å². The third-order valence-electron chi connectivity index (χ3n) is 3.69. The van der Waals surface area contributed by atoms with Crippen LogP contribution in [0.1, 0.15) is 44.2 Å². The van der Waals surface area contributed by atoms with Gasteiger partial charge in [-0.05, 0) is 19.8 Å². The molecular weight excluding hydrogens is 246 g/mol. The molecule has 0 aromatic carbocycles. The average Bonchev–Trinajstić information content (AvgIpc) is 2.98. The molecular formula is C13H19N3O3. The van der Waals surface area contributed by atoms with Crippen LogP contribution in [0.15, 0.2) is 6.07 Å². The Morgan fingerprint density at radius 2 is 2.11 bits per heavy atom. The third-order valence-corrected chi connectivity index (χ3v) is 3.69. The SMILES string of the molecule is CC(C(=O)O)C(=O)Nc1cc(C2CCCC2)nn1C. The minimum absolute atomic E-state index is 0.466. The Bertz CT molecular complexity index is 489. The van der Waals surface area contributed by atoms with Crippen LogP contribution in [0.5, 0.6) is 0 Å². The number of hydrogen-bond donors (Lipinski definition) is 2. The zero-order valence-electron chi connectivity index (χ0n) is 11.2. The smallest absolute Gasteiger partial charge is 0.315 e. The van der Waals surface area contributed by atoms with Gasteiger partial charge in [0.2, 0.25) is 5.91 Å². The van der Waals surface area contributed by atoms with Gasteiger partial charge in [0, 0.05) is 19.0 Å². The van der Waals surface area contributed by atoms with Crippen molar-refractivity contribution in [3.05, 3.63) is 11.8 Å². The first-order valence-corrected chi connectivity index (χ1v) is 6.56. The number of amides is 1. The highest BCUT2D eigenvalue weighted by atomic mass is 16.4. The van der Waals surface area contributed by atoms with Crippen LogP contribution in [-0.4, -0.2) is 26.8 Å². The van der Waals surface area contributed by atoms with Gasteiger partial charge in [-0.15, -0.1) is 0 Å². The van der Waals surface area contributed by atoms with Crippen LogP contribution >= 0.6 is 0 Å². The molecule has 2 N–H and O–H groups in total. The molecule has 0 radical (unpaired) electrons. The Morgan fingerprint density at radius 1 is 1.47 bits per heavy atom. The number of carbonyl (C=O) groups is 2. The summed E-state index contributed by atoms with van der Waals surface area (Å²) in [6.07, 6.45) is 4.71. The van der Waals surface area contributed by atoms with Crippen LogP contribution in [0.4, 0.5) is 5.82 Å². The van der Waals surface area contributed by atoms with Gasteiger partial charge in [0.25, 0.3) is 0 Å². The molecule has 104 valence electrons. The van der Waals surface area contributed by atoms with Crippen molar-refractivity contribution in [2.75, 3.05) is 5.32 Å². The van der Waals surface area contributed by atoms with Gasteiger partial charge in [0.15, 0.2) is 0 Å². The standard InChI is InChI=1S/C13H19N3O3/c1-8(13(18)19)12(17)14-11-7-10(15-16(11)2)9-5-3-4-6-9/h7-9H,3-6H2,1-2H3,(H,14,17)(H,18,19). The Morgan fingerprint density at radius 3 is 2.68 bits per heavy atom. The van der Waals surface area contributed by atoms with Crippen molar-refractivity contribution in [3.8, 4) is 0 Å². The molecule has 1 aromatic rings. The lowest BCUT2D eigenvalue weighted by molar-refractivity contribution is -0.144. The molecule has 1 saturated carbocycles. The van der Waals surface area contributed by atoms with Gasteiger partial charge in [-0.3, -0.25) is 14.3 Å². The molecule has 6 heteroatoms. The first kappa shape index (κ1) is 13.6. The minimum atomic E-state index is -1.13. The number of nitrogens with one attached hydrogen (secondary N) is 1. The van der Waals surface area contributed by atoms with Gasteiger partial charge in [-0.1, -0.05) is 12.8 Å². The summed E-state index contributed by atoms with van der Waals surface area (Å²) in [5.41, 5.74) is 0.985. The lowest BCUT2D eigenvalue weighted by atomic mass is 10.0. The second-order valence-electron chi connectivity index (χ2n) is 5.11. The van der Waals surface area contributed by atoms with Gasteiger partial charge < -0.3 is 10.4 Å². The van der Waals surface area contributed by atoms with E-state index in [2.05, 4.69) is 10.4 Å². The third kappa shape index (κ3) is 2.94. The number of rotatable bonds is 4. The Balaban J connectivity index is 2.08. The van der Waals surface area contributed by atoms with E-state index in [1.807, 2.05) is 6.07 Å². The summed E-state index contributed by atoms with van der Waals surface area (Å²) in [6.45, 7) is 1.37. The fourth-order valence-corrected chi connectivity index (χ4v) is 2.37. The second kappa shape index (κ2) is 5.42. The highest BCUT2D eigenvalue weighted by Crippen LogP contribution is 2.34. The van der Waals surface area contributed by atoms with Crippen molar-refractivity contribution in [1.82, 2.24) is 9.78 Å². The number of carboxylic acids is 1. The van der Waals surface area contributed by atoms with Crippen molar-refractivity contribution >= 4 is 17.7 Å². The van der Waals surface area contributed by atoms with Gasteiger partial charge in [0.1, 0.15) is 11.7 Å². The van der Waals surface area contributed by atoms with E-state index in [9.17, 15) is 9.59 Å². The van der Waals surface area contributed by atoms with E-state index < -0.39 is 17.8 Å². The van der Waals surface area contributed by atoms with Crippen LogP contribution in [0.2, 0.25) is 0 Å². The van der Waals surface area contributed by atoms with Crippen molar-refractivity contribution in [1.29, 1.82) is 0 Å². The first-order chi connectivity index (χ1) is 8.99. The molecule has 0 aliphatic heterocycles. The normalized spacial score (nSPS) is 17.4. The Kier molecular flexibility index (Phi) is 3.87. The molecule has 19 heavy (non-hydrogen) atoms. The van der Waals surface area contributed by atoms with Gasteiger partial charge in [-0.2, -0.15) is 5.10 Å². The molecule has 1 heterocycles. The predicted octanol–water partition coefficient (Wildman–Crippen LogP) is 1.74. The molecule has 2 rings (SSSR count). The Labute approximate surface area is 111 Å². The summed E-state index contributed by atoms with van der Waals surface area (Å²) in [5, 5.41) is 15.8. The minimum Gasteiger partial charge on any atom is -0.481 e. The molecule has 1 atom stereocenters. The molecule has 0 saturated heterocycles. The van der Waals surface area contributed by atoms with Crippen LogP contribution in [0, 0.1) is 5.92 Å². The number of aryl methyl sites for hydroxylation is 1. The summed E-state index contributed by atoms with van der Waals surface area (Å²) in [5.74, 6) is -1.69. The monoisotopic (exact) mass is 265 g/mol. The molecule has 1 aromatic heterocycles. The van der Waals surface area contributed by atoms with Crippen LogP contribution in [-0.2, 0) is 16.6 Å². The average molecular weight is 265 g/mol.